The molecule has 0 aromatic heterocycles. The minimum Gasteiger partial charge on any atom is -0.337 e. The number of likely N-dealkylation sites (tertiary alicyclic amines) is 1. The second-order valence-electron chi connectivity index (χ2n) is 6.10. The number of anilines is 1. The van der Waals surface area contributed by atoms with Gasteiger partial charge in [-0.3, -0.25) is 9.52 Å². The summed E-state index contributed by atoms with van der Waals surface area (Å²) < 4.78 is 25.4. The molecule has 2 saturated heterocycles. The quantitative estimate of drug-likeness (QED) is 0.856. The Kier molecular flexibility index (Phi) is 5.54. The van der Waals surface area contributed by atoms with Crippen molar-refractivity contribution in [3.63, 3.8) is 0 Å². The van der Waals surface area contributed by atoms with Crippen LogP contribution in [0.3, 0.4) is 0 Å². The number of para-hydroxylation sites is 1. The molecule has 2 unspecified atom stereocenters. The summed E-state index contributed by atoms with van der Waals surface area (Å²) in [5.74, 6) is -0.110. The number of carbonyl (C=O) groups is 1. The molecule has 2 bridgehead atoms. The molecule has 2 N–H and O–H groups in total. The molecule has 0 radical (unpaired) electrons. The molecule has 2 fully saturated rings. The van der Waals surface area contributed by atoms with Crippen molar-refractivity contribution in [3.8, 4) is 0 Å². The molecular formula is C15H22ClN3O3S. The van der Waals surface area contributed by atoms with Crippen molar-refractivity contribution in [2.75, 3.05) is 24.1 Å². The largest absolute Gasteiger partial charge is 0.337 e. The second kappa shape index (κ2) is 7.07. The maximum absolute atomic E-state index is 12.8. The van der Waals surface area contributed by atoms with Crippen LogP contribution in [-0.2, 0) is 10.0 Å². The number of sulfonamides is 1. The van der Waals surface area contributed by atoms with E-state index in [4.69, 9.17) is 0 Å². The van der Waals surface area contributed by atoms with Crippen molar-refractivity contribution in [2.45, 2.75) is 31.3 Å². The third-order valence-corrected chi connectivity index (χ3v) is 4.85. The van der Waals surface area contributed by atoms with Gasteiger partial charge in [-0.05, 0) is 31.4 Å². The Labute approximate surface area is 143 Å². The zero-order chi connectivity index (χ0) is 15.7. The van der Waals surface area contributed by atoms with Crippen molar-refractivity contribution in [3.05, 3.63) is 29.8 Å². The van der Waals surface area contributed by atoms with E-state index in [-0.39, 0.29) is 18.3 Å². The van der Waals surface area contributed by atoms with Gasteiger partial charge >= 0.3 is 0 Å². The molecule has 0 aliphatic carbocycles. The lowest BCUT2D eigenvalue weighted by Gasteiger charge is -2.25. The number of nitrogens with zero attached hydrogens (tertiary/aromatic N) is 1. The molecule has 23 heavy (non-hydrogen) atoms. The van der Waals surface area contributed by atoms with Crippen LogP contribution in [-0.4, -0.2) is 50.7 Å². The third-order valence-electron chi connectivity index (χ3n) is 4.26. The summed E-state index contributed by atoms with van der Waals surface area (Å²) in [5, 5.41) is 3.54. The average molecular weight is 360 g/mol. The lowest BCUT2D eigenvalue weighted by atomic mass is 10.1. The molecule has 3 rings (SSSR count). The van der Waals surface area contributed by atoms with Gasteiger partial charge in [0.25, 0.3) is 5.91 Å². The summed E-state index contributed by atoms with van der Waals surface area (Å²) in [5.41, 5.74) is 0.753. The summed E-state index contributed by atoms with van der Waals surface area (Å²) >= 11 is 0. The van der Waals surface area contributed by atoms with Crippen LogP contribution in [0.1, 0.15) is 29.6 Å². The highest BCUT2D eigenvalue weighted by Crippen LogP contribution is 2.24. The molecule has 1 aromatic rings. The molecule has 1 aromatic carbocycles. The molecule has 2 aliphatic heterocycles. The van der Waals surface area contributed by atoms with E-state index in [2.05, 4.69) is 10.0 Å². The minimum atomic E-state index is -3.41. The van der Waals surface area contributed by atoms with Crippen molar-refractivity contribution in [1.29, 1.82) is 0 Å². The minimum absolute atomic E-state index is 0. The molecule has 2 aliphatic rings. The van der Waals surface area contributed by atoms with E-state index in [1.165, 1.54) is 6.42 Å². The second-order valence-corrected chi connectivity index (χ2v) is 7.85. The Morgan fingerprint density at radius 2 is 1.91 bits per heavy atom. The lowest BCUT2D eigenvalue weighted by Crippen LogP contribution is -2.39. The van der Waals surface area contributed by atoms with Crippen LogP contribution in [0.2, 0.25) is 0 Å². The summed E-state index contributed by atoms with van der Waals surface area (Å²) in [6.07, 6.45) is 4.31. The van der Waals surface area contributed by atoms with Crippen LogP contribution in [0, 0.1) is 0 Å². The van der Waals surface area contributed by atoms with Gasteiger partial charge in [-0.2, -0.15) is 0 Å². The van der Waals surface area contributed by atoms with Gasteiger partial charge in [-0.15, -0.1) is 12.4 Å². The van der Waals surface area contributed by atoms with E-state index in [0.29, 0.717) is 36.4 Å². The molecule has 6 nitrogen and oxygen atoms in total. The van der Waals surface area contributed by atoms with Crippen LogP contribution in [0.15, 0.2) is 24.3 Å². The summed E-state index contributed by atoms with van der Waals surface area (Å²) in [6.45, 7) is 1.39. The Balaban J connectivity index is 0.00000192. The van der Waals surface area contributed by atoms with Gasteiger partial charge in [0.2, 0.25) is 10.0 Å². The monoisotopic (exact) mass is 359 g/mol. The normalized spacial score (nSPS) is 23.8. The number of fused-ring (bicyclic) bond motifs is 2. The van der Waals surface area contributed by atoms with E-state index >= 15 is 0 Å². The number of rotatable bonds is 3. The summed E-state index contributed by atoms with van der Waals surface area (Å²) in [4.78, 5) is 14.6. The highest BCUT2D eigenvalue weighted by Gasteiger charge is 2.32. The van der Waals surface area contributed by atoms with Crippen LogP contribution < -0.4 is 10.0 Å². The predicted molar refractivity (Wildman–Crippen MR) is 92.6 cm³/mol. The number of carbonyl (C=O) groups excluding carboxylic acids is 1. The fourth-order valence-electron chi connectivity index (χ4n) is 3.26. The van der Waals surface area contributed by atoms with Crippen LogP contribution in [0.5, 0.6) is 0 Å². The molecule has 2 heterocycles. The van der Waals surface area contributed by atoms with Gasteiger partial charge in [-0.1, -0.05) is 12.1 Å². The van der Waals surface area contributed by atoms with Gasteiger partial charge < -0.3 is 10.2 Å². The summed E-state index contributed by atoms with van der Waals surface area (Å²) in [6, 6.07) is 7.63. The molecule has 8 heteroatoms. The number of hydrogen-bond acceptors (Lipinski definition) is 4. The van der Waals surface area contributed by atoms with Gasteiger partial charge in [0, 0.05) is 25.2 Å². The standard InChI is InChI=1S/C15H21N3O3S.ClH/c1-22(20,21)17-14-5-3-2-4-13(14)15(19)18-9-8-11-6-7-12(10-18)16-11;/h2-5,11-12,16-17H,6-10H2,1H3;1H. The first-order chi connectivity index (χ1) is 10.4. The van der Waals surface area contributed by atoms with Crippen molar-refractivity contribution >= 4 is 34.0 Å². The average Bonchev–Trinajstić information content (AvgIpc) is 2.76. The highest BCUT2D eigenvalue weighted by atomic mass is 35.5. The Hall–Kier alpha value is -1.31. The lowest BCUT2D eigenvalue weighted by molar-refractivity contribution is 0.0749. The fraction of sp³-hybridized carbons (Fsp3) is 0.533. The highest BCUT2D eigenvalue weighted by molar-refractivity contribution is 7.92. The first kappa shape index (κ1) is 18.0. The van der Waals surface area contributed by atoms with Crippen molar-refractivity contribution in [2.24, 2.45) is 0 Å². The van der Waals surface area contributed by atoms with Crippen LogP contribution in [0.4, 0.5) is 5.69 Å². The van der Waals surface area contributed by atoms with Crippen LogP contribution >= 0.6 is 12.4 Å². The Morgan fingerprint density at radius 3 is 2.65 bits per heavy atom. The van der Waals surface area contributed by atoms with Gasteiger partial charge in [-0.25, -0.2) is 8.42 Å². The van der Waals surface area contributed by atoms with Gasteiger partial charge in [0.15, 0.2) is 0 Å². The zero-order valence-corrected chi connectivity index (χ0v) is 14.6. The van der Waals surface area contributed by atoms with E-state index in [1.807, 2.05) is 4.90 Å². The van der Waals surface area contributed by atoms with E-state index < -0.39 is 10.0 Å². The fourth-order valence-corrected chi connectivity index (χ4v) is 3.83. The number of halogens is 1. The maximum atomic E-state index is 12.8. The molecule has 0 saturated carbocycles. The first-order valence-electron chi connectivity index (χ1n) is 7.54. The zero-order valence-electron chi connectivity index (χ0n) is 13.0. The molecular weight excluding hydrogens is 338 g/mol. The summed E-state index contributed by atoms with van der Waals surface area (Å²) in [7, 11) is -3.41. The van der Waals surface area contributed by atoms with Crippen molar-refractivity contribution < 1.29 is 13.2 Å². The predicted octanol–water partition coefficient (Wildman–Crippen LogP) is 1.45. The van der Waals surface area contributed by atoms with Gasteiger partial charge in [0.1, 0.15) is 0 Å². The smallest absolute Gasteiger partial charge is 0.256 e. The number of amides is 1. The number of hydrogen-bond donors (Lipinski definition) is 2. The third kappa shape index (κ3) is 4.37. The van der Waals surface area contributed by atoms with Crippen LogP contribution in [0.25, 0.3) is 0 Å². The Morgan fingerprint density at radius 1 is 1.22 bits per heavy atom. The van der Waals surface area contributed by atoms with Crippen molar-refractivity contribution in [1.82, 2.24) is 10.2 Å². The molecule has 0 spiro atoms. The molecule has 1 amide bonds. The van der Waals surface area contributed by atoms with E-state index in [9.17, 15) is 13.2 Å². The van der Waals surface area contributed by atoms with Gasteiger partial charge in [0.05, 0.1) is 17.5 Å². The number of nitrogens with one attached hydrogen (secondary N) is 2. The molecule has 128 valence electrons. The maximum Gasteiger partial charge on any atom is 0.256 e. The number of benzene rings is 1. The Bertz CT molecular complexity index is 680. The molecule has 2 atom stereocenters. The van der Waals surface area contributed by atoms with E-state index in [1.54, 1.807) is 24.3 Å². The SMILES string of the molecule is CS(=O)(=O)Nc1ccccc1C(=O)N1CCC2CCC(C1)N2.Cl. The van der Waals surface area contributed by atoms with E-state index in [0.717, 1.165) is 19.1 Å². The topological polar surface area (TPSA) is 78.5 Å². The first-order valence-corrected chi connectivity index (χ1v) is 9.43.